The van der Waals surface area contributed by atoms with Crippen LogP contribution >= 0.6 is 0 Å². The normalized spacial score (nSPS) is 12.1. The molecular weight excluding hydrogens is 278 g/mol. The molecule has 0 aliphatic carbocycles. The minimum atomic E-state index is -0.184. The zero-order valence-corrected chi connectivity index (χ0v) is 14.2. The monoisotopic (exact) mass is 306 g/mol. The van der Waals surface area contributed by atoms with E-state index in [1.807, 2.05) is 43.4 Å². The number of likely N-dealkylation sites (N-methyl/N-ethyl adjacent to an activating group) is 1. The highest BCUT2D eigenvalue weighted by molar-refractivity contribution is 5.94. The summed E-state index contributed by atoms with van der Waals surface area (Å²) in [6.07, 6.45) is 0. The maximum atomic E-state index is 12.2. The molecule has 0 spiro atoms. The number of nitrogens with zero attached hydrogens (tertiary/aromatic N) is 1. The van der Waals surface area contributed by atoms with E-state index in [2.05, 4.69) is 19.2 Å². The molecule has 0 aliphatic heterocycles. The molecule has 22 heavy (non-hydrogen) atoms. The summed E-state index contributed by atoms with van der Waals surface area (Å²) in [4.78, 5) is 25.7. The van der Waals surface area contributed by atoms with E-state index in [0.29, 0.717) is 5.92 Å². The van der Waals surface area contributed by atoms with Gasteiger partial charge in [0.05, 0.1) is 13.1 Å². The lowest BCUT2D eigenvalue weighted by atomic mass is 10.2. The van der Waals surface area contributed by atoms with Crippen LogP contribution in [-0.2, 0) is 9.59 Å². The van der Waals surface area contributed by atoms with Gasteiger partial charge < -0.3 is 15.5 Å². The zero-order valence-electron chi connectivity index (χ0n) is 14.2. The lowest BCUT2D eigenvalue weighted by Gasteiger charge is -2.20. The van der Waals surface area contributed by atoms with E-state index >= 15 is 0 Å². The molecular formula is C17H28N3O2+. The predicted molar refractivity (Wildman–Crippen MR) is 88.5 cm³/mol. The largest absolute Gasteiger partial charge is 0.336 e. The molecule has 2 amide bonds. The van der Waals surface area contributed by atoms with Crippen LogP contribution in [0.15, 0.2) is 24.3 Å². The number of hydrogen-bond acceptors (Lipinski definition) is 2. The molecule has 0 bridgehead atoms. The van der Waals surface area contributed by atoms with Gasteiger partial charge in [-0.25, -0.2) is 0 Å². The summed E-state index contributed by atoms with van der Waals surface area (Å²) in [7, 11) is 1.66. The average molecular weight is 306 g/mol. The van der Waals surface area contributed by atoms with Crippen molar-refractivity contribution in [3.63, 3.8) is 0 Å². The highest BCUT2D eigenvalue weighted by Crippen LogP contribution is 2.08. The summed E-state index contributed by atoms with van der Waals surface area (Å²) in [5.74, 6) is 0.320. The summed E-state index contributed by atoms with van der Waals surface area (Å²) >= 11 is 0. The topological polar surface area (TPSA) is 66.0 Å². The Morgan fingerprint density at radius 3 is 2.32 bits per heavy atom. The van der Waals surface area contributed by atoms with Crippen molar-refractivity contribution >= 4 is 17.5 Å². The van der Waals surface area contributed by atoms with Gasteiger partial charge >= 0.3 is 0 Å². The van der Waals surface area contributed by atoms with Crippen LogP contribution in [0.25, 0.3) is 0 Å². The standard InChI is InChI=1S/C17H27N3O2/c1-12(2)10-18-14(4)17(22)20(5)11-16(21)19-15-8-6-13(3)7-9-15/h6-9,12,14,18H,10-11H2,1-5H3,(H,19,21)/p+1/t14-/m1/s1. The van der Waals surface area contributed by atoms with Crippen LogP contribution in [0.4, 0.5) is 5.69 Å². The molecule has 0 radical (unpaired) electrons. The van der Waals surface area contributed by atoms with Crippen LogP contribution in [0.1, 0.15) is 26.3 Å². The molecule has 1 aromatic rings. The lowest BCUT2D eigenvalue weighted by Crippen LogP contribution is -2.92. The van der Waals surface area contributed by atoms with E-state index in [9.17, 15) is 9.59 Å². The third-order valence-corrected chi connectivity index (χ3v) is 3.44. The summed E-state index contributed by atoms with van der Waals surface area (Å²) < 4.78 is 0. The first kappa shape index (κ1) is 18.2. The summed E-state index contributed by atoms with van der Waals surface area (Å²) in [5.41, 5.74) is 1.88. The Kier molecular flexibility index (Phi) is 7.05. The molecule has 0 saturated heterocycles. The number of benzene rings is 1. The number of aryl methyl sites for hydroxylation is 1. The van der Waals surface area contributed by atoms with Crippen LogP contribution in [0.3, 0.4) is 0 Å². The van der Waals surface area contributed by atoms with Gasteiger partial charge in [-0.15, -0.1) is 0 Å². The Hall–Kier alpha value is -1.88. The Morgan fingerprint density at radius 2 is 1.77 bits per heavy atom. The van der Waals surface area contributed by atoms with Crippen molar-refractivity contribution in [2.75, 3.05) is 25.5 Å². The zero-order chi connectivity index (χ0) is 16.7. The molecule has 0 heterocycles. The van der Waals surface area contributed by atoms with Crippen LogP contribution in [0.5, 0.6) is 0 Å². The Balaban J connectivity index is 2.45. The molecule has 5 nitrogen and oxygen atoms in total. The van der Waals surface area contributed by atoms with E-state index < -0.39 is 0 Å². The molecule has 0 aliphatic rings. The number of nitrogens with one attached hydrogen (secondary N) is 1. The maximum absolute atomic E-state index is 12.2. The number of rotatable bonds is 7. The van der Waals surface area contributed by atoms with Gasteiger partial charge in [-0.2, -0.15) is 0 Å². The Labute approximate surface area is 133 Å². The second kappa shape index (κ2) is 8.54. The van der Waals surface area contributed by atoms with Gasteiger partial charge in [-0.05, 0) is 26.0 Å². The minimum absolute atomic E-state index is 0.0280. The van der Waals surface area contributed by atoms with Crippen molar-refractivity contribution in [1.82, 2.24) is 4.90 Å². The first-order chi connectivity index (χ1) is 10.3. The molecule has 1 rings (SSSR count). The fourth-order valence-electron chi connectivity index (χ4n) is 2.06. The van der Waals surface area contributed by atoms with E-state index in [4.69, 9.17) is 0 Å². The van der Waals surface area contributed by atoms with Gasteiger partial charge in [0.2, 0.25) is 5.91 Å². The molecule has 122 valence electrons. The third-order valence-electron chi connectivity index (χ3n) is 3.44. The summed E-state index contributed by atoms with van der Waals surface area (Å²) in [6, 6.07) is 7.42. The molecule has 5 heteroatoms. The smallest absolute Gasteiger partial charge is 0.280 e. The van der Waals surface area contributed by atoms with Crippen LogP contribution in [0, 0.1) is 12.8 Å². The Bertz CT molecular complexity index is 497. The second-order valence-corrected chi connectivity index (χ2v) is 6.26. The highest BCUT2D eigenvalue weighted by Gasteiger charge is 2.22. The van der Waals surface area contributed by atoms with Crippen LogP contribution in [0.2, 0.25) is 0 Å². The maximum Gasteiger partial charge on any atom is 0.280 e. The van der Waals surface area contributed by atoms with Crippen LogP contribution < -0.4 is 10.6 Å². The summed E-state index contributed by atoms with van der Waals surface area (Å²) in [5, 5.41) is 4.82. The number of hydrogen-bond donors (Lipinski definition) is 2. The first-order valence-corrected chi connectivity index (χ1v) is 7.74. The van der Waals surface area contributed by atoms with Crippen molar-refractivity contribution < 1.29 is 14.9 Å². The molecule has 1 atom stereocenters. The number of carbonyl (C=O) groups is 2. The molecule has 3 N–H and O–H groups in total. The average Bonchev–Trinajstić information content (AvgIpc) is 2.46. The van der Waals surface area contributed by atoms with E-state index in [1.54, 1.807) is 7.05 Å². The van der Waals surface area contributed by atoms with Crippen molar-refractivity contribution in [3.05, 3.63) is 29.8 Å². The number of amides is 2. The van der Waals surface area contributed by atoms with E-state index in [-0.39, 0.29) is 24.4 Å². The number of carbonyl (C=O) groups excluding carboxylic acids is 2. The fraction of sp³-hybridized carbons (Fsp3) is 0.529. The predicted octanol–water partition coefficient (Wildman–Crippen LogP) is 1.000. The minimum Gasteiger partial charge on any atom is -0.336 e. The molecule has 0 fully saturated rings. The number of nitrogens with two attached hydrogens (primary N) is 1. The molecule has 0 aromatic heterocycles. The van der Waals surface area contributed by atoms with Gasteiger partial charge in [0.25, 0.3) is 5.91 Å². The fourth-order valence-corrected chi connectivity index (χ4v) is 2.06. The Morgan fingerprint density at radius 1 is 1.18 bits per heavy atom. The van der Waals surface area contributed by atoms with Gasteiger partial charge in [0.15, 0.2) is 6.04 Å². The molecule has 0 unspecified atom stereocenters. The second-order valence-electron chi connectivity index (χ2n) is 6.26. The number of anilines is 1. The summed E-state index contributed by atoms with van der Waals surface area (Å²) in [6.45, 7) is 9.06. The van der Waals surface area contributed by atoms with E-state index in [0.717, 1.165) is 17.8 Å². The third kappa shape index (κ3) is 6.26. The van der Waals surface area contributed by atoms with Crippen LogP contribution in [-0.4, -0.2) is 42.9 Å². The van der Waals surface area contributed by atoms with Crippen molar-refractivity contribution in [2.24, 2.45) is 5.92 Å². The van der Waals surface area contributed by atoms with Crippen molar-refractivity contribution in [2.45, 2.75) is 33.7 Å². The van der Waals surface area contributed by atoms with E-state index in [1.165, 1.54) is 4.90 Å². The lowest BCUT2D eigenvalue weighted by molar-refractivity contribution is -0.678. The van der Waals surface area contributed by atoms with Gasteiger partial charge in [0.1, 0.15) is 0 Å². The quantitative estimate of drug-likeness (QED) is 0.789. The molecule has 0 saturated carbocycles. The molecule has 1 aromatic carbocycles. The van der Waals surface area contributed by atoms with Gasteiger partial charge in [-0.3, -0.25) is 9.59 Å². The van der Waals surface area contributed by atoms with Gasteiger partial charge in [0, 0.05) is 18.7 Å². The SMILES string of the molecule is Cc1ccc(NC(=O)CN(C)C(=O)[C@@H](C)[NH2+]CC(C)C)cc1. The van der Waals surface area contributed by atoms with Gasteiger partial charge in [-0.1, -0.05) is 31.5 Å². The highest BCUT2D eigenvalue weighted by atomic mass is 16.2. The van der Waals surface area contributed by atoms with Crippen molar-refractivity contribution in [3.8, 4) is 0 Å². The van der Waals surface area contributed by atoms with Crippen molar-refractivity contribution in [1.29, 1.82) is 0 Å². The first-order valence-electron chi connectivity index (χ1n) is 7.74. The number of quaternary nitrogens is 1.